The third-order valence-electron chi connectivity index (χ3n) is 1.72. The van der Waals surface area contributed by atoms with E-state index in [9.17, 15) is 0 Å². The lowest BCUT2D eigenvalue weighted by molar-refractivity contribution is 0.348. The molecule has 0 amide bonds. The predicted octanol–water partition coefficient (Wildman–Crippen LogP) is 3.02. The number of furan rings is 1. The summed E-state index contributed by atoms with van der Waals surface area (Å²) in [4.78, 5) is 0. The summed E-state index contributed by atoms with van der Waals surface area (Å²) in [5, 5.41) is 0. The Labute approximate surface area is 72.8 Å². The molecule has 0 fully saturated rings. The van der Waals surface area contributed by atoms with Gasteiger partial charge in [-0.05, 0) is 12.1 Å². The van der Waals surface area contributed by atoms with Crippen LogP contribution in [0.1, 0.15) is 31.3 Å². The monoisotopic (exact) mass is 166 g/mol. The Hall–Kier alpha value is -1.18. The second-order valence-electron chi connectivity index (χ2n) is 2.98. The smallest absolute Gasteiger partial charge is 0.168 e. The fraction of sp³-hybridized carbons (Fsp3) is 0.400. The first-order valence-electron chi connectivity index (χ1n) is 3.98. The van der Waals surface area contributed by atoms with Crippen molar-refractivity contribution in [1.82, 2.24) is 0 Å². The van der Waals surface area contributed by atoms with E-state index < -0.39 is 0 Å². The summed E-state index contributed by atoms with van der Waals surface area (Å²) in [6.45, 7) is 7.86. The number of hydrogen-bond acceptors (Lipinski definition) is 2. The van der Waals surface area contributed by atoms with Gasteiger partial charge in [0, 0.05) is 5.92 Å². The molecule has 0 bridgehead atoms. The van der Waals surface area contributed by atoms with Crippen molar-refractivity contribution in [1.29, 1.82) is 0 Å². The van der Waals surface area contributed by atoms with Crippen molar-refractivity contribution in [2.24, 2.45) is 0 Å². The van der Waals surface area contributed by atoms with Crippen molar-refractivity contribution >= 4 is 5.76 Å². The summed E-state index contributed by atoms with van der Waals surface area (Å²) >= 11 is 0. The molecule has 0 aliphatic rings. The topological polar surface area (TPSA) is 22.4 Å². The van der Waals surface area contributed by atoms with Crippen LogP contribution in [-0.2, 0) is 4.74 Å². The highest BCUT2D eigenvalue weighted by molar-refractivity contribution is 5.51. The maximum atomic E-state index is 5.47. The molecule has 2 heteroatoms. The molecule has 1 aromatic heterocycles. The minimum atomic E-state index is 0.406. The van der Waals surface area contributed by atoms with Crippen molar-refractivity contribution in [2.75, 3.05) is 7.11 Å². The van der Waals surface area contributed by atoms with Gasteiger partial charge in [0.05, 0.1) is 7.11 Å². The minimum Gasteiger partial charge on any atom is -0.493 e. The summed E-state index contributed by atoms with van der Waals surface area (Å²) in [7, 11) is 1.58. The van der Waals surface area contributed by atoms with Crippen molar-refractivity contribution < 1.29 is 9.15 Å². The SMILES string of the molecule is C=C(OC)c1ccc(C(C)C)o1. The lowest BCUT2D eigenvalue weighted by Gasteiger charge is -2.00. The largest absolute Gasteiger partial charge is 0.493 e. The number of methoxy groups -OCH3 is 1. The molecule has 1 aromatic rings. The number of rotatable bonds is 3. The standard InChI is InChI=1S/C10H14O2/c1-7(2)9-5-6-10(12-9)8(3)11-4/h5-7H,3H2,1-2,4H3. The van der Waals surface area contributed by atoms with Gasteiger partial charge in [0.1, 0.15) is 5.76 Å². The normalized spacial score (nSPS) is 10.3. The van der Waals surface area contributed by atoms with E-state index in [1.807, 2.05) is 12.1 Å². The molecule has 0 unspecified atom stereocenters. The van der Waals surface area contributed by atoms with Crippen LogP contribution in [-0.4, -0.2) is 7.11 Å². The molecule has 0 aliphatic heterocycles. The average molecular weight is 166 g/mol. The Morgan fingerprint density at radius 3 is 2.58 bits per heavy atom. The van der Waals surface area contributed by atoms with Crippen LogP contribution in [0.15, 0.2) is 23.1 Å². The van der Waals surface area contributed by atoms with Gasteiger partial charge in [-0.15, -0.1) is 0 Å². The van der Waals surface area contributed by atoms with E-state index in [1.54, 1.807) is 7.11 Å². The quantitative estimate of drug-likeness (QED) is 0.644. The molecule has 1 rings (SSSR count). The zero-order valence-electron chi connectivity index (χ0n) is 7.76. The molecule has 0 atom stereocenters. The summed E-state index contributed by atoms with van der Waals surface area (Å²) in [5.74, 6) is 2.65. The molecular weight excluding hydrogens is 152 g/mol. The Kier molecular flexibility index (Phi) is 2.58. The molecule has 0 spiro atoms. The lowest BCUT2D eigenvalue weighted by Crippen LogP contribution is -1.83. The second-order valence-corrected chi connectivity index (χ2v) is 2.98. The molecule has 0 aliphatic carbocycles. The molecule has 2 nitrogen and oxygen atoms in total. The molecule has 66 valence electrons. The lowest BCUT2D eigenvalue weighted by atomic mass is 10.2. The Morgan fingerprint density at radius 2 is 2.17 bits per heavy atom. The zero-order chi connectivity index (χ0) is 9.14. The van der Waals surface area contributed by atoms with Crippen LogP contribution < -0.4 is 0 Å². The van der Waals surface area contributed by atoms with Crippen LogP contribution in [0, 0.1) is 0 Å². The van der Waals surface area contributed by atoms with Crippen LogP contribution in [0.3, 0.4) is 0 Å². The van der Waals surface area contributed by atoms with Gasteiger partial charge < -0.3 is 9.15 Å². The molecule has 12 heavy (non-hydrogen) atoms. The van der Waals surface area contributed by atoms with E-state index in [1.165, 1.54) is 0 Å². The van der Waals surface area contributed by atoms with Gasteiger partial charge in [-0.25, -0.2) is 0 Å². The Morgan fingerprint density at radius 1 is 1.50 bits per heavy atom. The average Bonchev–Trinajstić information content (AvgIpc) is 2.51. The summed E-state index contributed by atoms with van der Waals surface area (Å²) in [6.07, 6.45) is 0. The van der Waals surface area contributed by atoms with E-state index in [4.69, 9.17) is 9.15 Å². The summed E-state index contributed by atoms with van der Waals surface area (Å²) in [6, 6.07) is 3.82. The first kappa shape index (κ1) is 8.91. The predicted molar refractivity (Wildman–Crippen MR) is 48.8 cm³/mol. The van der Waals surface area contributed by atoms with Gasteiger partial charge in [0.25, 0.3) is 0 Å². The number of hydrogen-bond donors (Lipinski definition) is 0. The van der Waals surface area contributed by atoms with Crippen molar-refractivity contribution in [2.45, 2.75) is 19.8 Å². The van der Waals surface area contributed by atoms with Crippen LogP contribution in [0.2, 0.25) is 0 Å². The van der Waals surface area contributed by atoms with E-state index >= 15 is 0 Å². The van der Waals surface area contributed by atoms with Crippen LogP contribution >= 0.6 is 0 Å². The zero-order valence-corrected chi connectivity index (χ0v) is 7.76. The van der Waals surface area contributed by atoms with Crippen LogP contribution in [0.4, 0.5) is 0 Å². The van der Waals surface area contributed by atoms with Crippen LogP contribution in [0.25, 0.3) is 5.76 Å². The Balaban J connectivity index is 2.84. The molecular formula is C10H14O2. The molecule has 0 radical (unpaired) electrons. The fourth-order valence-electron chi connectivity index (χ4n) is 0.914. The maximum Gasteiger partial charge on any atom is 0.168 e. The fourth-order valence-corrected chi connectivity index (χ4v) is 0.914. The second kappa shape index (κ2) is 3.48. The van der Waals surface area contributed by atoms with Crippen LogP contribution in [0.5, 0.6) is 0 Å². The van der Waals surface area contributed by atoms with Gasteiger partial charge >= 0.3 is 0 Å². The van der Waals surface area contributed by atoms with Gasteiger partial charge in [-0.2, -0.15) is 0 Å². The summed E-state index contributed by atoms with van der Waals surface area (Å²) < 4.78 is 10.4. The highest BCUT2D eigenvalue weighted by Gasteiger charge is 2.07. The van der Waals surface area contributed by atoms with Crippen molar-refractivity contribution in [3.05, 3.63) is 30.2 Å². The highest BCUT2D eigenvalue weighted by Crippen LogP contribution is 2.21. The highest BCUT2D eigenvalue weighted by atomic mass is 16.5. The first-order valence-corrected chi connectivity index (χ1v) is 3.98. The van der Waals surface area contributed by atoms with Gasteiger partial charge in [-0.3, -0.25) is 0 Å². The first-order chi connectivity index (χ1) is 5.65. The summed E-state index contributed by atoms with van der Waals surface area (Å²) in [5.41, 5.74) is 0. The maximum absolute atomic E-state index is 5.47. The number of ether oxygens (including phenoxy) is 1. The Bertz CT molecular complexity index is 271. The van der Waals surface area contributed by atoms with Gasteiger partial charge in [-0.1, -0.05) is 20.4 Å². The van der Waals surface area contributed by atoms with E-state index in [-0.39, 0.29) is 0 Å². The third-order valence-corrected chi connectivity index (χ3v) is 1.72. The molecule has 0 N–H and O–H groups in total. The molecule has 0 saturated carbocycles. The van der Waals surface area contributed by atoms with E-state index in [0.29, 0.717) is 17.4 Å². The minimum absolute atomic E-state index is 0.406. The molecule has 0 aromatic carbocycles. The molecule has 1 heterocycles. The van der Waals surface area contributed by atoms with Gasteiger partial charge in [0.2, 0.25) is 0 Å². The van der Waals surface area contributed by atoms with E-state index in [2.05, 4.69) is 20.4 Å². The molecule has 0 saturated heterocycles. The van der Waals surface area contributed by atoms with Gasteiger partial charge in [0.15, 0.2) is 11.5 Å². The van der Waals surface area contributed by atoms with E-state index in [0.717, 1.165) is 5.76 Å². The van der Waals surface area contributed by atoms with Crippen molar-refractivity contribution in [3.8, 4) is 0 Å². The van der Waals surface area contributed by atoms with Crippen molar-refractivity contribution in [3.63, 3.8) is 0 Å². The third kappa shape index (κ3) is 1.70.